The first kappa shape index (κ1) is 13.9. The monoisotopic (exact) mass is 313 g/mol. The number of unbranched alkanes of at least 4 members (excludes halogenated alkanes) is 1. The number of nitriles is 1. The summed E-state index contributed by atoms with van der Waals surface area (Å²) in [6, 6.07) is 3.71. The molecule has 0 fully saturated rings. The molecule has 0 aliphatic heterocycles. The van der Waals surface area contributed by atoms with Gasteiger partial charge in [0.15, 0.2) is 0 Å². The zero-order valence-corrected chi connectivity index (χ0v) is 11.8. The first-order valence-electron chi connectivity index (χ1n) is 5.20. The Kier molecular flexibility index (Phi) is 5.95. The Hall–Kier alpha value is -1.12. The molecule has 0 saturated carbocycles. The summed E-state index contributed by atoms with van der Waals surface area (Å²) in [6.07, 6.45) is 3.31. The molecule has 5 heteroatoms. The van der Waals surface area contributed by atoms with Crippen molar-refractivity contribution >= 4 is 39.3 Å². The van der Waals surface area contributed by atoms with E-state index in [4.69, 9.17) is 10.00 Å². The normalized spacial score (nSPS) is 11.0. The lowest BCUT2D eigenvalue weighted by Gasteiger charge is -2.01. The van der Waals surface area contributed by atoms with Crippen LogP contribution in [0.2, 0.25) is 0 Å². The number of ether oxygens (including phenoxy) is 1. The Morgan fingerprint density at radius 2 is 2.47 bits per heavy atom. The number of hydrogen-bond acceptors (Lipinski definition) is 4. The summed E-state index contributed by atoms with van der Waals surface area (Å²) in [6.45, 7) is 2.37. The predicted molar refractivity (Wildman–Crippen MR) is 71.5 cm³/mol. The van der Waals surface area contributed by atoms with Crippen molar-refractivity contribution in [2.75, 3.05) is 6.61 Å². The van der Waals surface area contributed by atoms with Crippen LogP contribution in [0, 0.1) is 11.3 Å². The predicted octanol–water partition coefficient (Wildman–Crippen LogP) is 3.76. The highest BCUT2D eigenvalue weighted by molar-refractivity contribution is 9.11. The molecule has 0 amide bonds. The maximum atomic E-state index is 11.5. The van der Waals surface area contributed by atoms with Crippen LogP contribution in [-0.2, 0) is 9.53 Å². The number of carbonyl (C=O) groups is 1. The summed E-state index contributed by atoms with van der Waals surface area (Å²) in [5.41, 5.74) is 0.859. The van der Waals surface area contributed by atoms with Crippen molar-refractivity contribution in [1.82, 2.24) is 0 Å². The minimum Gasteiger partial charge on any atom is -0.462 e. The molecule has 0 aliphatic carbocycles. The first-order valence-corrected chi connectivity index (χ1v) is 6.87. The standard InChI is InChI=1S/C12H12BrNO2S/c1-2-3-4-16-12(15)10(7-14)5-9-6-11(13)17-8-9/h5-6,8H,2-4H2,1H3/b10-5-. The second-order valence-corrected chi connectivity index (χ2v) is 5.63. The fourth-order valence-electron chi connectivity index (χ4n) is 1.09. The van der Waals surface area contributed by atoms with Gasteiger partial charge < -0.3 is 4.74 Å². The Bertz CT molecular complexity index is 459. The Balaban J connectivity index is 2.68. The number of hydrogen-bond donors (Lipinski definition) is 0. The fraction of sp³-hybridized carbons (Fsp3) is 0.333. The zero-order valence-electron chi connectivity index (χ0n) is 9.40. The van der Waals surface area contributed by atoms with Gasteiger partial charge in [0.25, 0.3) is 0 Å². The Morgan fingerprint density at radius 1 is 1.71 bits per heavy atom. The third kappa shape index (κ3) is 4.72. The topological polar surface area (TPSA) is 50.1 Å². The number of thiophene rings is 1. The van der Waals surface area contributed by atoms with E-state index < -0.39 is 5.97 Å². The molecule has 0 aromatic carbocycles. The molecule has 0 spiro atoms. The van der Waals surface area contributed by atoms with Gasteiger partial charge in [-0.3, -0.25) is 0 Å². The third-order valence-electron chi connectivity index (χ3n) is 1.97. The smallest absolute Gasteiger partial charge is 0.348 e. The molecule has 1 rings (SSSR count). The average Bonchev–Trinajstić information content (AvgIpc) is 2.72. The van der Waals surface area contributed by atoms with Crippen LogP contribution in [0.5, 0.6) is 0 Å². The second kappa shape index (κ2) is 7.25. The minimum atomic E-state index is -0.553. The van der Waals surface area contributed by atoms with E-state index in [1.54, 1.807) is 0 Å². The van der Waals surface area contributed by atoms with Crippen LogP contribution >= 0.6 is 27.3 Å². The van der Waals surface area contributed by atoms with E-state index in [9.17, 15) is 4.79 Å². The lowest BCUT2D eigenvalue weighted by molar-refractivity contribution is -0.138. The van der Waals surface area contributed by atoms with Gasteiger partial charge >= 0.3 is 5.97 Å². The van der Waals surface area contributed by atoms with Crippen molar-refractivity contribution in [1.29, 1.82) is 5.26 Å². The van der Waals surface area contributed by atoms with Crippen molar-refractivity contribution in [2.24, 2.45) is 0 Å². The van der Waals surface area contributed by atoms with E-state index in [1.807, 2.05) is 24.4 Å². The van der Waals surface area contributed by atoms with Gasteiger partial charge in [-0.1, -0.05) is 13.3 Å². The molecule has 1 aromatic heterocycles. The van der Waals surface area contributed by atoms with Gasteiger partial charge in [-0.2, -0.15) is 5.26 Å². The molecular formula is C12H12BrNO2S. The second-order valence-electron chi connectivity index (χ2n) is 3.34. The molecule has 0 N–H and O–H groups in total. The van der Waals surface area contributed by atoms with Gasteiger partial charge in [0.05, 0.1) is 10.4 Å². The quantitative estimate of drug-likeness (QED) is 0.360. The molecule has 0 aliphatic rings. The molecule has 0 saturated heterocycles. The van der Waals surface area contributed by atoms with Crippen LogP contribution in [0.4, 0.5) is 0 Å². The molecule has 17 heavy (non-hydrogen) atoms. The van der Waals surface area contributed by atoms with E-state index in [1.165, 1.54) is 17.4 Å². The van der Waals surface area contributed by atoms with Crippen LogP contribution in [0.15, 0.2) is 20.8 Å². The van der Waals surface area contributed by atoms with Gasteiger partial charge in [0.2, 0.25) is 0 Å². The van der Waals surface area contributed by atoms with Crippen molar-refractivity contribution in [3.05, 3.63) is 26.4 Å². The molecule has 0 atom stereocenters. The summed E-state index contributed by atoms with van der Waals surface area (Å²) >= 11 is 4.82. The van der Waals surface area contributed by atoms with E-state index in [0.29, 0.717) is 6.61 Å². The molecule has 1 aromatic rings. The maximum Gasteiger partial charge on any atom is 0.348 e. The fourth-order valence-corrected chi connectivity index (χ4v) is 2.22. The van der Waals surface area contributed by atoms with E-state index in [-0.39, 0.29) is 5.57 Å². The number of carbonyl (C=O) groups excluding carboxylic acids is 1. The van der Waals surface area contributed by atoms with Gasteiger partial charge in [-0.05, 0) is 45.4 Å². The molecule has 0 bridgehead atoms. The van der Waals surface area contributed by atoms with Crippen LogP contribution in [0.25, 0.3) is 6.08 Å². The molecule has 90 valence electrons. The number of esters is 1. The first-order chi connectivity index (χ1) is 8.17. The largest absolute Gasteiger partial charge is 0.462 e. The van der Waals surface area contributed by atoms with Gasteiger partial charge in [0, 0.05) is 0 Å². The van der Waals surface area contributed by atoms with Crippen LogP contribution in [0.1, 0.15) is 25.3 Å². The number of rotatable bonds is 5. The summed E-state index contributed by atoms with van der Waals surface area (Å²) in [5, 5.41) is 10.8. The molecule has 0 unspecified atom stereocenters. The number of halogens is 1. The van der Waals surface area contributed by atoms with Gasteiger partial charge in [-0.15, -0.1) is 11.3 Å². The molecular weight excluding hydrogens is 302 g/mol. The third-order valence-corrected chi connectivity index (χ3v) is 3.49. The summed E-state index contributed by atoms with van der Waals surface area (Å²) in [5.74, 6) is -0.553. The highest BCUT2D eigenvalue weighted by Gasteiger charge is 2.10. The summed E-state index contributed by atoms with van der Waals surface area (Å²) in [4.78, 5) is 11.5. The Morgan fingerprint density at radius 3 is 3.00 bits per heavy atom. The van der Waals surface area contributed by atoms with Crippen molar-refractivity contribution < 1.29 is 9.53 Å². The van der Waals surface area contributed by atoms with E-state index >= 15 is 0 Å². The average molecular weight is 314 g/mol. The van der Waals surface area contributed by atoms with E-state index in [0.717, 1.165) is 22.2 Å². The van der Waals surface area contributed by atoms with Crippen molar-refractivity contribution in [3.8, 4) is 6.07 Å². The minimum absolute atomic E-state index is 0.0337. The van der Waals surface area contributed by atoms with Gasteiger partial charge in [-0.25, -0.2) is 4.79 Å². The van der Waals surface area contributed by atoms with Gasteiger partial charge in [0.1, 0.15) is 11.6 Å². The molecule has 3 nitrogen and oxygen atoms in total. The van der Waals surface area contributed by atoms with Crippen LogP contribution in [-0.4, -0.2) is 12.6 Å². The molecule has 0 radical (unpaired) electrons. The zero-order chi connectivity index (χ0) is 12.7. The lowest BCUT2D eigenvalue weighted by Crippen LogP contribution is -2.07. The van der Waals surface area contributed by atoms with Crippen LogP contribution in [0.3, 0.4) is 0 Å². The van der Waals surface area contributed by atoms with Crippen LogP contribution < -0.4 is 0 Å². The highest BCUT2D eigenvalue weighted by atomic mass is 79.9. The number of nitrogens with zero attached hydrogens (tertiary/aromatic N) is 1. The summed E-state index contributed by atoms with van der Waals surface area (Å²) in [7, 11) is 0. The Labute approximate surface area is 113 Å². The SMILES string of the molecule is CCCCOC(=O)/C(C#N)=C\c1csc(Br)c1. The van der Waals surface area contributed by atoms with E-state index in [2.05, 4.69) is 15.9 Å². The maximum absolute atomic E-state index is 11.5. The van der Waals surface area contributed by atoms with Crippen molar-refractivity contribution in [2.45, 2.75) is 19.8 Å². The van der Waals surface area contributed by atoms with Crippen molar-refractivity contribution in [3.63, 3.8) is 0 Å². The summed E-state index contributed by atoms with van der Waals surface area (Å²) < 4.78 is 5.94. The lowest BCUT2D eigenvalue weighted by atomic mass is 10.2. The molecule has 1 heterocycles. The highest BCUT2D eigenvalue weighted by Crippen LogP contribution is 2.22.